The van der Waals surface area contributed by atoms with Gasteiger partial charge in [-0.25, -0.2) is 18.1 Å². The Morgan fingerprint density at radius 2 is 1.96 bits per heavy atom. The highest BCUT2D eigenvalue weighted by Crippen LogP contribution is 2.31. The fourth-order valence-electron chi connectivity index (χ4n) is 2.89. The molecule has 10 heteroatoms. The van der Waals surface area contributed by atoms with Gasteiger partial charge in [0.1, 0.15) is 11.5 Å². The van der Waals surface area contributed by atoms with Crippen LogP contribution in [0.15, 0.2) is 47.4 Å². The molecule has 3 rings (SSSR count). The lowest BCUT2D eigenvalue weighted by Crippen LogP contribution is -2.21. The van der Waals surface area contributed by atoms with E-state index in [2.05, 4.69) is 9.71 Å². The van der Waals surface area contributed by atoms with Crippen LogP contribution in [0.1, 0.15) is 5.82 Å². The van der Waals surface area contributed by atoms with Crippen molar-refractivity contribution in [1.82, 2.24) is 14.3 Å². The molecule has 0 saturated carbocycles. The van der Waals surface area contributed by atoms with Crippen LogP contribution in [0.25, 0.3) is 11.0 Å². The summed E-state index contributed by atoms with van der Waals surface area (Å²) in [6, 6.07) is 11.5. The summed E-state index contributed by atoms with van der Waals surface area (Å²) in [7, 11) is 1.07. The Labute approximate surface area is 156 Å². The normalized spacial score (nSPS) is 11.7. The standard InChI is InChI=1S/C17H19N5O4S/c1-18-27(25,26)12-8-9-15(16(10-12)22(23)24)20(2)11-17-19-13-6-4-5-7-14(13)21(17)3/h4-10,18H,11H2,1-3H3. The molecule has 0 amide bonds. The lowest BCUT2D eigenvalue weighted by molar-refractivity contribution is -0.384. The van der Waals surface area contributed by atoms with Crippen molar-refractivity contribution < 1.29 is 13.3 Å². The van der Waals surface area contributed by atoms with Crippen molar-refractivity contribution in [2.45, 2.75) is 11.4 Å². The summed E-state index contributed by atoms with van der Waals surface area (Å²) >= 11 is 0. The summed E-state index contributed by atoms with van der Waals surface area (Å²) in [6.45, 7) is 0.324. The summed E-state index contributed by atoms with van der Waals surface area (Å²) in [5.41, 5.74) is 1.83. The molecule has 3 aromatic rings. The summed E-state index contributed by atoms with van der Waals surface area (Å²) in [4.78, 5) is 17.0. The zero-order valence-electron chi connectivity index (χ0n) is 15.1. The van der Waals surface area contributed by atoms with Gasteiger partial charge in [0.25, 0.3) is 5.69 Å². The second-order valence-electron chi connectivity index (χ2n) is 6.05. The number of hydrogen-bond donors (Lipinski definition) is 1. The van der Waals surface area contributed by atoms with Crippen LogP contribution < -0.4 is 9.62 Å². The zero-order chi connectivity index (χ0) is 19.8. The Bertz CT molecular complexity index is 1120. The van der Waals surface area contributed by atoms with Crippen molar-refractivity contribution in [2.75, 3.05) is 19.0 Å². The number of nitrogens with zero attached hydrogens (tertiary/aromatic N) is 4. The van der Waals surface area contributed by atoms with E-state index in [1.54, 1.807) is 11.9 Å². The van der Waals surface area contributed by atoms with Gasteiger partial charge >= 0.3 is 0 Å². The maximum atomic E-state index is 11.9. The Morgan fingerprint density at radius 3 is 2.59 bits per heavy atom. The second kappa shape index (κ2) is 6.97. The van der Waals surface area contributed by atoms with Gasteiger partial charge in [-0.2, -0.15) is 0 Å². The molecule has 0 fully saturated rings. The average Bonchev–Trinajstić information content (AvgIpc) is 2.97. The minimum atomic E-state index is -3.77. The van der Waals surface area contributed by atoms with Crippen LogP contribution in [0.2, 0.25) is 0 Å². The molecular weight excluding hydrogens is 370 g/mol. The number of para-hydroxylation sites is 2. The molecule has 27 heavy (non-hydrogen) atoms. The number of anilines is 1. The maximum absolute atomic E-state index is 11.9. The molecule has 0 atom stereocenters. The number of sulfonamides is 1. The van der Waals surface area contributed by atoms with Gasteiger partial charge in [-0.3, -0.25) is 10.1 Å². The summed E-state index contributed by atoms with van der Waals surface area (Å²) in [5.74, 6) is 0.736. The molecule has 0 radical (unpaired) electrons. The maximum Gasteiger partial charge on any atom is 0.293 e. The van der Waals surface area contributed by atoms with Crippen molar-refractivity contribution in [3.05, 3.63) is 58.4 Å². The molecule has 1 aromatic heterocycles. The van der Waals surface area contributed by atoms with Gasteiger partial charge in [-0.05, 0) is 31.3 Å². The monoisotopic (exact) mass is 389 g/mol. The van der Waals surface area contributed by atoms with Crippen LogP contribution in [0.3, 0.4) is 0 Å². The number of aryl methyl sites for hydroxylation is 1. The second-order valence-corrected chi connectivity index (χ2v) is 7.93. The predicted molar refractivity (Wildman–Crippen MR) is 102 cm³/mol. The third-order valence-electron chi connectivity index (χ3n) is 4.39. The Kier molecular flexibility index (Phi) is 4.85. The van der Waals surface area contributed by atoms with Gasteiger partial charge in [0, 0.05) is 20.2 Å². The van der Waals surface area contributed by atoms with E-state index in [0.717, 1.165) is 22.9 Å². The van der Waals surface area contributed by atoms with Crippen LogP contribution >= 0.6 is 0 Å². The minimum Gasteiger partial charge on any atom is -0.362 e. The molecule has 0 aliphatic carbocycles. The SMILES string of the molecule is CNS(=O)(=O)c1ccc(N(C)Cc2nc3ccccc3n2C)c([N+](=O)[O-])c1. The molecule has 0 bridgehead atoms. The quantitative estimate of drug-likeness (QED) is 0.510. The molecule has 142 valence electrons. The highest BCUT2D eigenvalue weighted by molar-refractivity contribution is 7.89. The van der Waals surface area contributed by atoms with Gasteiger partial charge in [0.2, 0.25) is 10.0 Å². The first-order valence-electron chi connectivity index (χ1n) is 8.08. The van der Waals surface area contributed by atoms with E-state index in [9.17, 15) is 18.5 Å². The van der Waals surface area contributed by atoms with E-state index in [4.69, 9.17) is 0 Å². The molecule has 9 nitrogen and oxygen atoms in total. The number of imidazole rings is 1. The minimum absolute atomic E-state index is 0.156. The highest BCUT2D eigenvalue weighted by Gasteiger charge is 2.23. The smallest absolute Gasteiger partial charge is 0.293 e. The molecule has 2 aromatic carbocycles. The number of nitro benzene ring substituents is 1. The molecule has 0 saturated heterocycles. The van der Waals surface area contributed by atoms with Crippen molar-refractivity contribution in [3.63, 3.8) is 0 Å². The predicted octanol–water partition coefficient (Wildman–Crippen LogP) is 2.03. The third kappa shape index (κ3) is 3.49. The first-order chi connectivity index (χ1) is 12.7. The largest absolute Gasteiger partial charge is 0.362 e. The van der Waals surface area contributed by atoms with E-state index in [1.165, 1.54) is 19.2 Å². The topological polar surface area (TPSA) is 110 Å². The molecule has 0 aliphatic rings. The molecule has 1 N–H and O–H groups in total. The molecule has 0 aliphatic heterocycles. The van der Waals surface area contributed by atoms with Crippen LogP contribution in [-0.2, 0) is 23.6 Å². The van der Waals surface area contributed by atoms with E-state index in [0.29, 0.717) is 12.2 Å². The van der Waals surface area contributed by atoms with Crippen LogP contribution in [-0.4, -0.2) is 37.0 Å². The number of nitrogens with one attached hydrogen (secondary N) is 1. The molecule has 0 unspecified atom stereocenters. The van der Waals surface area contributed by atoms with Gasteiger partial charge in [-0.1, -0.05) is 12.1 Å². The lowest BCUT2D eigenvalue weighted by Gasteiger charge is -2.19. The number of nitro groups is 1. The summed E-state index contributed by atoms with van der Waals surface area (Å²) < 4.78 is 27.9. The zero-order valence-corrected chi connectivity index (χ0v) is 15.9. The third-order valence-corrected chi connectivity index (χ3v) is 5.80. The number of aromatic nitrogens is 2. The Balaban J connectivity index is 1.99. The Morgan fingerprint density at radius 1 is 1.26 bits per heavy atom. The van der Waals surface area contributed by atoms with Crippen LogP contribution in [0, 0.1) is 10.1 Å². The van der Waals surface area contributed by atoms with Crippen molar-refractivity contribution in [2.24, 2.45) is 7.05 Å². The van der Waals surface area contributed by atoms with E-state index in [1.807, 2.05) is 35.9 Å². The van der Waals surface area contributed by atoms with Gasteiger partial charge in [0.15, 0.2) is 0 Å². The fraction of sp³-hybridized carbons (Fsp3) is 0.235. The van der Waals surface area contributed by atoms with E-state index < -0.39 is 14.9 Å². The number of benzene rings is 2. The Hall–Kier alpha value is -2.98. The van der Waals surface area contributed by atoms with Gasteiger partial charge in [0.05, 0.1) is 27.4 Å². The number of hydrogen-bond acceptors (Lipinski definition) is 6. The average molecular weight is 389 g/mol. The highest BCUT2D eigenvalue weighted by atomic mass is 32.2. The summed E-state index contributed by atoms with van der Waals surface area (Å²) in [6.07, 6.45) is 0. The fourth-order valence-corrected chi connectivity index (χ4v) is 3.64. The van der Waals surface area contributed by atoms with Gasteiger partial charge in [-0.15, -0.1) is 0 Å². The first kappa shape index (κ1) is 18.8. The number of fused-ring (bicyclic) bond motifs is 1. The number of rotatable bonds is 6. The molecule has 0 spiro atoms. The van der Waals surface area contributed by atoms with Crippen molar-refractivity contribution in [3.8, 4) is 0 Å². The van der Waals surface area contributed by atoms with Crippen molar-refractivity contribution in [1.29, 1.82) is 0 Å². The first-order valence-corrected chi connectivity index (χ1v) is 9.56. The van der Waals surface area contributed by atoms with Crippen LogP contribution in [0.5, 0.6) is 0 Å². The molecule has 1 heterocycles. The van der Waals surface area contributed by atoms with E-state index >= 15 is 0 Å². The van der Waals surface area contributed by atoms with Crippen molar-refractivity contribution >= 4 is 32.4 Å². The molecular formula is C17H19N5O4S. The summed E-state index contributed by atoms with van der Waals surface area (Å²) in [5, 5.41) is 11.5. The lowest BCUT2D eigenvalue weighted by atomic mass is 10.2. The van der Waals surface area contributed by atoms with Crippen LogP contribution in [0.4, 0.5) is 11.4 Å². The van der Waals surface area contributed by atoms with E-state index in [-0.39, 0.29) is 10.6 Å². The van der Waals surface area contributed by atoms with Gasteiger partial charge < -0.3 is 9.47 Å².